The first-order valence-corrected chi connectivity index (χ1v) is 13.3. The molecule has 3 aliphatic heterocycles. The van der Waals surface area contributed by atoms with Crippen molar-refractivity contribution in [3.63, 3.8) is 0 Å². The highest BCUT2D eigenvalue weighted by Crippen LogP contribution is 2.44. The number of fused-ring (bicyclic) bond motifs is 3. The lowest BCUT2D eigenvalue weighted by atomic mass is 9.80. The summed E-state index contributed by atoms with van der Waals surface area (Å²) in [7, 11) is 1.28. The highest BCUT2D eigenvalue weighted by Gasteiger charge is 2.51. The number of esters is 1. The van der Waals surface area contributed by atoms with E-state index in [4.69, 9.17) is 18.9 Å². The monoisotopic (exact) mass is 523 g/mol. The summed E-state index contributed by atoms with van der Waals surface area (Å²) in [6.45, 7) is 5.85. The Morgan fingerprint density at radius 2 is 1.81 bits per heavy atom. The van der Waals surface area contributed by atoms with E-state index >= 15 is 0 Å². The third kappa shape index (κ3) is 5.65. The molecule has 0 spiro atoms. The molecule has 0 aromatic heterocycles. The summed E-state index contributed by atoms with van der Waals surface area (Å²) in [5, 5.41) is 35.6. The number of unbranched alkanes of at least 4 members (excludes halogenated alkanes) is 1. The van der Waals surface area contributed by atoms with Crippen LogP contribution < -0.4 is 5.32 Å². The highest BCUT2D eigenvalue weighted by molar-refractivity contribution is 5.86. The van der Waals surface area contributed by atoms with E-state index < -0.39 is 54.1 Å². The summed E-state index contributed by atoms with van der Waals surface area (Å²) in [6, 6.07) is 0. The zero-order valence-corrected chi connectivity index (χ0v) is 22.1. The molecular weight excluding hydrogens is 482 g/mol. The number of hydrogen-bond donors (Lipinski definition) is 4. The van der Waals surface area contributed by atoms with Gasteiger partial charge in [0.2, 0.25) is 0 Å². The van der Waals surface area contributed by atoms with Gasteiger partial charge in [0.25, 0.3) is 5.91 Å². The predicted molar refractivity (Wildman–Crippen MR) is 132 cm³/mol. The normalized spacial score (nSPS) is 44.4. The van der Waals surface area contributed by atoms with Crippen molar-refractivity contribution in [1.82, 2.24) is 5.32 Å². The van der Waals surface area contributed by atoms with Gasteiger partial charge < -0.3 is 39.6 Å². The molecule has 1 aliphatic carbocycles. The number of ether oxygens (including phenoxy) is 4. The summed E-state index contributed by atoms with van der Waals surface area (Å²) in [5.41, 5.74) is 0.197. The first kappa shape index (κ1) is 28.2. The molecule has 3 heterocycles. The van der Waals surface area contributed by atoms with Crippen LogP contribution in [-0.2, 0) is 28.5 Å². The molecule has 8 unspecified atom stereocenters. The van der Waals surface area contributed by atoms with Gasteiger partial charge in [-0.15, -0.1) is 0 Å². The standard InChI is InChI=1S/C27H41NO9/c1-5-6-7-27(33)22-11-18(29)21(37-22)9-15(3)23-14(2)8-20-17(23)10-16(13-35-20)36-25(31)24(34-4)19(30)12-28-26(27)32/h8-9,16-24,29-30,33H,5-7,10-13H2,1-4H3,(H,28,32)/b15-9+/t16?,17?,18?,19?,20?,21?,22?,23-,24?,27-/m0/s1. The van der Waals surface area contributed by atoms with Gasteiger partial charge in [0.05, 0.1) is 24.9 Å². The Labute approximate surface area is 218 Å². The van der Waals surface area contributed by atoms with Crippen molar-refractivity contribution in [2.45, 2.75) is 101 Å². The van der Waals surface area contributed by atoms with E-state index in [1.165, 1.54) is 7.11 Å². The molecule has 2 fully saturated rings. The fourth-order valence-electron chi connectivity index (χ4n) is 6.30. The molecule has 1 amide bonds. The van der Waals surface area contributed by atoms with E-state index in [0.29, 0.717) is 12.8 Å². The number of rotatable bonds is 4. The van der Waals surface area contributed by atoms with Crippen molar-refractivity contribution in [2.75, 3.05) is 20.3 Å². The van der Waals surface area contributed by atoms with Crippen LogP contribution in [0.3, 0.4) is 0 Å². The van der Waals surface area contributed by atoms with E-state index in [1.807, 2.05) is 26.8 Å². The molecule has 4 rings (SSSR count). The quantitative estimate of drug-likeness (QED) is 0.310. The number of amides is 1. The molecular formula is C27H41NO9. The van der Waals surface area contributed by atoms with Crippen molar-refractivity contribution < 1.29 is 43.9 Å². The van der Waals surface area contributed by atoms with Crippen molar-refractivity contribution in [2.24, 2.45) is 11.8 Å². The molecule has 208 valence electrons. The summed E-state index contributed by atoms with van der Waals surface area (Å²) in [4.78, 5) is 26.1. The van der Waals surface area contributed by atoms with Gasteiger partial charge >= 0.3 is 5.97 Å². The van der Waals surface area contributed by atoms with E-state index in [0.717, 1.165) is 17.6 Å². The summed E-state index contributed by atoms with van der Waals surface area (Å²) >= 11 is 0. The zero-order chi connectivity index (χ0) is 26.9. The Bertz CT molecular complexity index is 920. The Morgan fingerprint density at radius 3 is 2.49 bits per heavy atom. The third-order valence-corrected chi connectivity index (χ3v) is 8.28. The number of nitrogens with one attached hydrogen (secondary N) is 1. The molecule has 0 radical (unpaired) electrons. The Kier molecular flexibility index (Phi) is 8.77. The van der Waals surface area contributed by atoms with Crippen LogP contribution in [0.5, 0.6) is 0 Å². The van der Waals surface area contributed by atoms with Crippen LogP contribution in [0, 0.1) is 11.8 Å². The summed E-state index contributed by atoms with van der Waals surface area (Å²) in [6.07, 6.45) is 0.189. The lowest BCUT2D eigenvalue weighted by Gasteiger charge is -2.36. The van der Waals surface area contributed by atoms with Gasteiger partial charge in [-0.1, -0.05) is 43.1 Å². The van der Waals surface area contributed by atoms with Crippen LogP contribution >= 0.6 is 0 Å². The van der Waals surface area contributed by atoms with Gasteiger partial charge in [0, 0.05) is 31.9 Å². The maximum Gasteiger partial charge on any atom is 0.338 e. The minimum absolute atomic E-state index is 0.00289. The number of β-amino-alcohol motifs (C(OH)–C–C–N with tert-alkyl or cyclic N) is 1. The number of allylic oxidation sites excluding steroid dienone is 2. The number of aliphatic hydroxyl groups excluding tert-OH is 2. The Morgan fingerprint density at radius 1 is 1.11 bits per heavy atom. The average Bonchev–Trinajstić information content (AvgIpc) is 3.39. The van der Waals surface area contributed by atoms with Crippen LogP contribution in [0.2, 0.25) is 0 Å². The number of methoxy groups -OCH3 is 1. The van der Waals surface area contributed by atoms with Crippen LogP contribution in [0.25, 0.3) is 0 Å². The average molecular weight is 524 g/mol. The van der Waals surface area contributed by atoms with Gasteiger partial charge in [-0.05, 0) is 26.7 Å². The Hall–Kier alpha value is -1.82. The second kappa shape index (κ2) is 11.5. The van der Waals surface area contributed by atoms with Gasteiger partial charge in [-0.3, -0.25) is 4.79 Å². The number of hydrogen-bond acceptors (Lipinski definition) is 9. The molecule has 2 saturated heterocycles. The number of carbonyl (C=O) groups is 2. The fourth-order valence-corrected chi connectivity index (χ4v) is 6.30. The van der Waals surface area contributed by atoms with Crippen molar-refractivity contribution in [1.29, 1.82) is 0 Å². The fraction of sp³-hybridized carbons (Fsp3) is 0.778. The molecule has 0 saturated carbocycles. The molecule has 4 aliphatic rings. The van der Waals surface area contributed by atoms with Crippen molar-refractivity contribution >= 4 is 11.9 Å². The second-order valence-electron chi connectivity index (χ2n) is 10.9. The largest absolute Gasteiger partial charge is 0.458 e. The van der Waals surface area contributed by atoms with E-state index in [9.17, 15) is 24.9 Å². The minimum Gasteiger partial charge on any atom is -0.458 e. The van der Waals surface area contributed by atoms with Gasteiger partial charge in [0.1, 0.15) is 18.3 Å². The molecule has 0 aromatic rings. The van der Waals surface area contributed by atoms with Crippen molar-refractivity contribution in [3.05, 3.63) is 23.3 Å². The molecule has 10 atom stereocenters. The molecule has 4 bridgehead atoms. The molecule has 10 heteroatoms. The van der Waals surface area contributed by atoms with Gasteiger partial charge in [-0.2, -0.15) is 0 Å². The van der Waals surface area contributed by atoms with E-state index in [1.54, 1.807) is 0 Å². The molecule has 37 heavy (non-hydrogen) atoms. The Balaban J connectivity index is 1.68. The smallest absolute Gasteiger partial charge is 0.338 e. The lowest BCUT2D eigenvalue weighted by Crippen LogP contribution is -2.57. The first-order chi connectivity index (χ1) is 17.6. The van der Waals surface area contributed by atoms with Crippen LogP contribution in [-0.4, -0.2) is 95.8 Å². The minimum atomic E-state index is -1.91. The second-order valence-corrected chi connectivity index (χ2v) is 10.9. The van der Waals surface area contributed by atoms with E-state index in [2.05, 4.69) is 11.4 Å². The van der Waals surface area contributed by atoms with Crippen LogP contribution in [0.4, 0.5) is 0 Å². The van der Waals surface area contributed by atoms with Crippen LogP contribution in [0.15, 0.2) is 23.3 Å². The summed E-state index contributed by atoms with van der Waals surface area (Å²) in [5.74, 6) is -1.43. The first-order valence-electron chi connectivity index (χ1n) is 13.3. The topological polar surface area (TPSA) is 144 Å². The predicted octanol–water partition coefficient (Wildman–Crippen LogP) is 0.771. The molecule has 4 N–H and O–H groups in total. The van der Waals surface area contributed by atoms with Crippen LogP contribution in [0.1, 0.15) is 52.9 Å². The lowest BCUT2D eigenvalue weighted by molar-refractivity contribution is -0.178. The number of aliphatic hydroxyl groups is 3. The summed E-state index contributed by atoms with van der Waals surface area (Å²) < 4.78 is 23.1. The van der Waals surface area contributed by atoms with Gasteiger partial charge in [-0.25, -0.2) is 4.79 Å². The number of carbonyl (C=O) groups excluding carboxylic acids is 2. The third-order valence-electron chi connectivity index (χ3n) is 8.28. The maximum absolute atomic E-state index is 13.2. The highest BCUT2D eigenvalue weighted by atomic mass is 16.6. The zero-order valence-electron chi connectivity index (χ0n) is 22.1. The molecule has 10 nitrogen and oxygen atoms in total. The van der Waals surface area contributed by atoms with Crippen molar-refractivity contribution in [3.8, 4) is 0 Å². The maximum atomic E-state index is 13.2. The van der Waals surface area contributed by atoms with Gasteiger partial charge in [0.15, 0.2) is 11.7 Å². The van der Waals surface area contributed by atoms with E-state index in [-0.39, 0.29) is 43.9 Å². The SMILES string of the molecule is CCCC[C@@]1(O)C(=O)NCC(O)C(OC)C(=O)OC2COC3C=C(C)[C@@H](/C(C)=C/C4OC1CC4O)C3C2. The molecule has 0 aromatic carbocycles.